The minimum Gasteiger partial charge on any atom is -0.360 e. The highest BCUT2D eigenvalue weighted by Gasteiger charge is 2.19. The molecule has 1 N–H and O–H groups in total. The summed E-state index contributed by atoms with van der Waals surface area (Å²) in [5.41, 5.74) is 0.994. The Labute approximate surface area is 110 Å². The van der Waals surface area contributed by atoms with Crippen molar-refractivity contribution in [2.45, 2.75) is 45.7 Å². The molecule has 1 fully saturated rings. The van der Waals surface area contributed by atoms with Crippen LogP contribution in [0.1, 0.15) is 44.1 Å². The Kier molecular flexibility index (Phi) is 5.20. The topological polar surface area (TPSA) is 41.3 Å². The van der Waals surface area contributed by atoms with Crippen molar-refractivity contribution in [3.63, 3.8) is 0 Å². The van der Waals surface area contributed by atoms with Crippen molar-refractivity contribution in [2.75, 3.05) is 20.1 Å². The molecule has 1 aromatic heterocycles. The molecular formula is C14H25N3O. The quantitative estimate of drug-likeness (QED) is 0.843. The number of nitrogens with one attached hydrogen (secondary N) is 1. The Bertz CT molecular complexity index is 343. The average Bonchev–Trinajstić information content (AvgIpc) is 2.80. The maximum atomic E-state index is 5.36. The molecule has 2 rings (SSSR count). The summed E-state index contributed by atoms with van der Waals surface area (Å²) in [4.78, 5) is 2.48. The van der Waals surface area contributed by atoms with Crippen molar-refractivity contribution >= 4 is 0 Å². The SMILES string of the molecule is CCCC1CCN(Cc2cc(CNC)no2)CC1. The first kappa shape index (κ1) is 13.6. The number of hydrogen-bond donors (Lipinski definition) is 1. The summed E-state index contributed by atoms with van der Waals surface area (Å²) >= 11 is 0. The van der Waals surface area contributed by atoms with Gasteiger partial charge >= 0.3 is 0 Å². The number of aromatic nitrogens is 1. The summed E-state index contributed by atoms with van der Waals surface area (Å²) in [5, 5.41) is 7.14. The molecule has 1 aliphatic rings. The van der Waals surface area contributed by atoms with Gasteiger partial charge in [-0.05, 0) is 38.9 Å². The Morgan fingerprint density at radius 1 is 1.44 bits per heavy atom. The molecule has 0 aliphatic carbocycles. The summed E-state index contributed by atoms with van der Waals surface area (Å²) in [6, 6.07) is 2.06. The normalized spacial score (nSPS) is 18.3. The van der Waals surface area contributed by atoms with Gasteiger partial charge in [-0.2, -0.15) is 0 Å². The second-order valence-electron chi connectivity index (χ2n) is 5.32. The third kappa shape index (κ3) is 3.82. The highest BCUT2D eigenvalue weighted by Crippen LogP contribution is 2.22. The van der Waals surface area contributed by atoms with Crippen LogP contribution in [-0.2, 0) is 13.1 Å². The molecule has 0 bridgehead atoms. The third-order valence-corrected chi connectivity index (χ3v) is 3.75. The van der Waals surface area contributed by atoms with Crippen LogP contribution in [0.5, 0.6) is 0 Å². The molecule has 0 unspecified atom stereocenters. The van der Waals surface area contributed by atoms with E-state index in [1.54, 1.807) is 0 Å². The van der Waals surface area contributed by atoms with Crippen LogP contribution in [0.4, 0.5) is 0 Å². The maximum absolute atomic E-state index is 5.36. The molecule has 1 saturated heterocycles. The van der Waals surface area contributed by atoms with Crippen molar-refractivity contribution in [1.82, 2.24) is 15.4 Å². The first-order valence-corrected chi connectivity index (χ1v) is 7.13. The Hall–Kier alpha value is -0.870. The zero-order valence-electron chi connectivity index (χ0n) is 11.6. The fourth-order valence-corrected chi connectivity index (χ4v) is 2.76. The molecule has 0 spiro atoms. The molecule has 18 heavy (non-hydrogen) atoms. The molecule has 0 aromatic carbocycles. The van der Waals surface area contributed by atoms with E-state index in [2.05, 4.69) is 28.4 Å². The number of hydrogen-bond acceptors (Lipinski definition) is 4. The van der Waals surface area contributed by atoms with Gasteiger partial charge < -0.3 is 9.84 Å². The predicted octanol–water partition coefficient (Wildman–Crippen LogP) is 2.41. The van der Waals surface area contributed by atoms with E-state index in [4.69, 9.17) is 4.52 Å². The highest BCUT2D eigenvalue weighted by molar-refractivity contribution is 5.05. The summed E-state index contributed by atoms with van der Waals surface area (Å²) in [6.45, 7) is 6.38. The zero-order chi connectivity index (χ0) is 12.8. The van der Waals surface area contributed by atoms with Gasteiger partial charge in [0.25, 0.3) is 0 Å². The lowest BCUT2D eigenvalue weighted by Gasteiger charge is -2.30. The molecule has 102 valence electrons. The standard InChI is InChI=1S/C14H25N3O/c1-3-4-12-5-7-17(8-6-12)11-14-9-13(10-15-2)16-18-14/h9,12,15H,3-8,10-11H2,1-2H3. The number of nitrogens with zero attached hydrogens (tertiary/aromatic N) is 2. The van der Waals surface area contributed by atoms with Crippen LogP contribution < -0.4 is 5.32 Å². The number of piperidine rings is 1. The molecule has 4 heteroatoms. The average molecular weight is 251 g/mol. The van der Waals surface area contributed by atoms with Crippen molar-refractivity contribution in [3.8, 4) is 0 Å². The van der Waals surface area contributed by atoms with E-state index < -0.39 is 0 Å². The lowest BCUT2D eigenvalue weighted by atomic mass is 9.92. The first-order valence-electron chi connectivity index (χ1n) is 7.13. The van der Waals surface area contributed by atoms with Crippen LogP contribution in [0.3, 0.4) is 0 Å². The first-order chi connectivity index (χ1) is 8.81. The van der Waals surface area contributed by atoms with Gasteiger partial charge in [-0.1, -0.05) is 24.9 Å². The molecule has 0 radical (unpaired) electrons. The van der Waals surface area contributed by atoms with E-state index in [0.717, 1.165) is 30.5 Å². The molecule has 4 nitrogen and oxygen atoms in total. The summed E-state index contributed by atoms with van der Waals surface area (Å²) in [6.07, 6.45) is 5.39. The maximum Gasteiger partial charge on any atom is 0.151 e. The molecule has 1 aromatic rings. The van der Waals surface area contributed by atoms with Crippen LogP contribution in [0.25, 0.3) is 0 Å². The van der Waals surface area contributed by atoms with E-state index in [9.17, 15) is 0 Å². The summed E-state index contributed by atoms with van der Waals surface area (Å²) < 4.78 is 5.36. The van der Waals surface area contributed by atoms with Crippen LogP contribution in [0.15, 0.2) is 10.6 Å². The third-order valence-electron chi connectivity index (χ3n) is 3.75. The molecule has 0 atom stereocenters. The molecule has 2 heterocycles. The lowest BCUT2D eigenvalue weighted by molar-refractivity contribution is 0.157. The highest BCUT2D eigenvalue weighted by atomic mass is 16.5. The molecular weight excluding hydrogens is 226 g/mol. The number of likely N-dealkylation sites (tertiary alicyclic amines) is 1. The van der Waals surface area contributed by atoms with Crippen LogP contribution in [-0.4, -0.2) is 30.2 Å². The molecule has 0 amide bonds. The fourth-order valence-electron chi connectivity index (χ4n) is 2.76. The Balaban J connectivity index is 1.76. The van der Waals surface area contributed by atoms with Crippen molar-refractivity contribution in [1.29, 1.82) is 0 Å². The lowest BCUT2D eigenvalue weighted by Crippen LogP contribution is -2.33. The summed E-state index contributed by atoms with van der Waals surface area (Å²) in [5.74, 6) is 1.94. The van der Waals surface area contributed by atoms with Crippen LogP contribution >= 0.6 is 0 Å². The van der Waals surface area contributed by atoms with E-state index in [-0.39, 0.29) is 0 Å². The monoisotopic (exact) mass is 251 g/mol. The van der Waals surface area contributed by atoms with Gasteiger partial charge in [0.1, 0.15) is 0 Å². The van der Waals surface area contributed by atoms with Crippen molar-refractivity contribution < 1.29 is 4.52 Å². The van der Waals surface area contributed by atoms with E-state index in [1.807, 2.05) is 7.05 Å². The Morgan fingerprint density at radius 2 is 2.22 bits per heavy atom. The van der Waals surface area contributed by atoms with Gasteiger partial charge in [-0.25, -0.2) is 0 Å². The van der Waals surface area contributed by atoms with E-state index >= 15 is 0 Å². The minimum atomic E-state index is 0.780. The minimum absolute atomic E-state index is 0.780. The van der Waals surface area contributed by atoms with E-state index in [0.29, 0.717) is 0 Å². The Morgan fingerprint density at radius 3 is 2.89 bits per heavy atom. The molecule has 0 saturated carbocycles. The van der Waals surface area contributed by atoms with Crippen LogP contribution in [0.2, 0.25) is 0 Å². The van der Waals surface area contributed by atoms with Crippen molar-refractivity contribution in [3.05, 3.63) is 17.5 Å². The van der Waals surface area contributed by atoms with E-state index in [1.165, 1.54) is 38.8 Å². The predicted molar refractivity (Wildman–Crippen MR) is 72.2 cm³/mol. The van der Waals surface area contributed by atoms with Gasteiger partial charge in [0, 0.05) is 12.6 Å². The largest absolute Gasteiger partial charge is 0.360 e. The van der Waals surface area contributed by atoms with Gasteiger partial charge in [-0.15, -0.1) is 0 Å². The van der Waals surface area contributed by atoms with Gasteiger partial charge in [0.2, 0.25) is 0 Å². The van der Waals surface area contributed by atoms with Gasteiger partial charge in [0.05, 0.1) is 12.2 Å². The van der Waals surface area contributed by atoms with Crippen molar-refractivity contribution in [2.24, 2.45) is 5.92 Å². The fraction of sp³-hybridized carbons (Fsp3) is 0.786. The smallest absolute Gasteiger partial charge is 0.151 e. The van der Waals surface area contributed by atoms with Crippen LogP contribution in [0, 0.1) is 5.92 Å². The zero-order valence-corrected chi connectivity index (χ0v) is 11.6. The van der Waals surface area contributed by atoms with Gasteiger partial charge in [0.15, 0.2) is 5.76 Å². The summed E-state index contributed by atoms with van der Waals surface area (Å²) in [7, 11) is 1.92. The molecule has 1 aliphatic heterocycles. The second kappa shape index (κ2) is 6.90. The second-order valence-corrected chi connectivity index (χ2v) is 5.32. The van der Waals surface area contributed by atoms with Gasteiger partial charge in [-0.3, -0.25) is 4.90 Å². The number of rotatable bonds is 6.